The molecule has 0 saturated heterocycles. The molecule has 1 aromatic rings. The molecule has 0 fully saturated rings. The maximum Gasteiger partial charge on any atom is 0.176 e. The van der Waals surface area contributed by atoms with Crippen LogP contribution in [-0.4, -0.2) is 12.9 Å². The normalized spacial score (nSPS) is 9.77. The van der Waals surface area contributed by atoms with Crippen molar-refractivity contribution < 1.29 is 13.9 Å². The van der Waals surface area contributed by atoms with E-state index in [4.69, 9.17) is 4.74 Å². The van der Waals surface area contributed by atoms with Gasteiger partial charge in [-0.2, -0.15) is 0 Å². The Bertz CT molecular complexity index is 326. The van der Waals surface area contributed by atoms with Crippen molar-refractivity contribution in [2.45, 2.75) is 6.92 Å². The second kappa shape index (κ2) is 4.55. The number of rotatable bonds is 3. The topological polar surface area (TPSA) is 26.3 Å². The van der Waals surface area contributed by atoms with E-state index >= 15 is 0 Å². The SMILES string of the molecule is CCOc1ccc(I)c(C=O)c1F. The molecule has 70 valence electrons. The summed E-state index contributed by atoms with van der Waals surface area (Å²) in [7, 11) is 0. The minimum atomic E-state index is -0.580. The fraction of sp³-hybridized carbons (Fsp3) is 0.222. The number of benzene rings is 1. The second-order valence-electron chi connectivity index (χ2n) is 2.32. The van der Waals surface area contributed by atoms with Crippen LogP contribution in [0.5, 0.6) is 5.75 Å². The number of carbonyl (C=O) groups is 1. The maximum absolute atomic E-state index is 13.4. The summed E-state index contributed by atoms with van der Waals surface area (Å²) in [6, 6.07) is 3.17. The number of halogens is 2. The molecule has 0 saturated carbocycles. The van der Waals surface area contributed by atoms with Crippen LogP contribution in [0.4, 0.5) is 4.39 Å². The van der Waals surface area contributed by atoms with E-state index in [1.54, 1.807) is 13.0 Å². The molecule has 0 unspecified atom stereocenters. The molecule has 0 N–H and O–H groups in total. The van der Waals surface area contributed by atoms with Crippen LogP contribution in [-0.2, 0) is 0 Å². The van der Waals surface area contributed by atoms with Gasteiger partial charge in [-0.3, -0.25) is 4.79 Å². The van der Waals surface area contributed by atoms with Crippen LogP contribution in [0.1, 0.15) is 17.3 Å². The summed E-state index contributed by atoms with van der Waals surface area (Å²) < 4.78 is 18.9. The number of carbonyl (C=O) groups excluding carboxylic acids is 1. The van der Waals surface area contributed by atoms with Gasteiger partial charge in [-0.25, -0.2) is 4.39 Å². The van der Waals surface area contributed by atoms with Crippen molar-refractivity contribution >= 4 is 28.9 Å². The zero-order chi connectivity index (χ0) is 9.84. The molecule has 0 heterocycles. The summed E-state index contributed by atoms with van der Waals surface area (Å²) >= 11 is 1.90. The zero-order valence-electron chi connectivity index (χ0n) is 7.01. The fourth-order valence-electron chi connectivity index (χ4n) is 0.924. The van der Waals surface area contributed by atoms with E-state index in [2.05, 4.69) is 0 Å². The lowest BCUT2D eigenvalue weighted by molar-refractivity contribution is 0.111. The molecule has 0 spiro atoms. The Morgan fingerprint density at radius 1 is 1.62 bits per heavy atom. The number of hydrogen-bond acceptors (Lipinski definition) is 2. The molecule has 1 aromatic carbocycles. The van der Waals surface area contributed by atoms with Crippen molar-refractivity contribution in [3.8, 4) is 5.75 Å². The Balaban J connectivity index is 3.19. The number of hydrogen-bond donors (Lipinski definition) is 0. The number of aldehydes is 1. The van der Waals surface area contributed by atoms with E-state index in [0.717, 1.165) is 0 Å². The van der Waals surface area contributed by atoms with E-state index in [1.807, 2.05) is 22.6 Å². The van der Waals surface area contributed by atoms with Crippen LogP contribution in [0.3, 0.4) is 0 Å². The lowest BCUT2D eigenvalue weighted by Crippen LogP contribution is -1.99. The van der Waals surface area contributed by atoms with E-state index in [1.165, 1.54) is 6.07 Å². The monoisotopic (exact) mass is 294 g/mol. The smallest absolute Gasteiger partial charge is 0.176 e. The van der Waals surface area contributed by atoms with Gasteiger partial charge in [0.05, 0.1) is 12.2 Å². The van der Waals surface area contributed by atoms with Gasteiger partial charge in [0.25, 0.3) is 0 Å². The molecular weight excluding hydrogens is 286 g/mol. The van der Waals surface area contributed by atoms with Crippen LogP contribution in [0, 0.1) is 9.39 Å². The first-order valence-corrected chi connectivity index (χ1v) is 4.84. The fourth-order valence-corrected chi connectivity index (χ4v) is 1.47. The van der Waals surface area contributed by atoms with Gasteiger partial charge in [-0.1, -0.05) is 0 Å². The predicted molar refractivity (Wildman–Crippen MR) is 55.7 cm³/mol. The molecule has 0 aromatic heterocycles. The highest BCUT2D eigenvalue weighted by Crippen LogP contribution is 2.23. The predicted octanol–water partition coefficient (Wildman–Crippen LogP) is 2.64. The highest BCUT2D eigenvalue weighted by atomic mass is 127. The summed E-state index contributed by atoms with van der Waals surface area (Å²) in [6.45, 7) is 2.15. The molecule has 0 radical (unpaired) electrons. The average Bonchev–Trinajstić information content (AvgIpc) is 2.11. The first kappa shape index (κ1) is 10.4. The van der Waals surface area contributed by atoms with Gasteiger partial charge in [0.2, 0.25) is 0 Å². The average molecular weight is 294 g/mol. The number of ether oxygens (including phenoxy) is 1. The molecule has 0 aliphatic carbocycles. The lowest BCUT2D eigenvalue weighted by atomic mass is 10.2. The van der Waals surface area contributed by atoms with Gasteiger partial charge in [-0.15, -0.1) is 0 Å². The molecule has 0 aliphatic rings. The summed E-state index contributed by atoms with van der Waals surface area (Å²) in [4.78, 5) is 10.5. The van der Waals surface area contributed by atoms with Gasteiger partial charge >= 0.3 is 0 Å². The van der Waals surface area contributed by atoms with Crippen molar-refractivity contribution in [1.29, 1.82) is 0 Å². The molecular formula is C9H8FIO2. The molecule has 0 bridgehead atoms. The van der Waals surface area contributed by atoms with Gasteiger partial charge in [0.15, 0.2) is 17.9 Å². The highest BCUT2D eigenvalue weighted by Gasteiger charge is 2.11. The lowest BCUT2D eigenvalue weighted by Gasteiger charge is -2.06. The van der Waals surface area contributed by atoms with E-state index in [9.17, 15) is 9.18 Å². The van der Waals surface area contributed by atoms with Crippen molar-refractivity contribution in [2.24, 2.45) is 0 Å². The molecule has 1 rings (SSSR count). The standard InChI is InChI=1S/C9H8FIO2/c1-2-13-8-4-3-7(11)6(5-12)9(8)10/h3-5H,2H2,1H3. The van der Waals surface area contributed by atoms with Crippen molar-refractivity contribution in [3.63, 3.8) is 0 Å². The van der Waals surface area contributed by atoms with Crippen LogP contribution < -0.4 is 4.74 Å². The third-order valence-corrected chi connectivity index (χ3v) is 2.45. The van der Waals surface area contributed by atoms with Crippen LogP contribution in [0.25, 0.3) is 0 Å². The first-order valence-electron chi connectivity index (χ1n) is 3.76. The summed E-state index contributed by atoms with van der Waals surface area (Å²) in [5.41, 5.74) is 0.0616. The van der Waals surface area contributed by atoms with Gasteiger partial charge in [0.1, 0.15) is 0 Å². The molecule has 13 heavy (non-hydrogen) atoms. The summed E-state index contributed by atoms with van der Waals surface area (Å²) in [5, 5.41) is 0. The van der Waals surface area contributed by atoms with E-state index in [0.29, 0.717) is 16.5 Å². The minimum Gasteiger partial charge on any atom is -0.491 e. The zero-order valence-corrected chi connectivity index (χ0v) is 9.17. The van der Waals surface area contributed by atoms with Crippen LogP contribution >= 0.6 is 22.6 Å². The first-order chi connectivity index (χ1) is 6.20. The van der Waals surface area contributed by atoms with E-state index < -0.39 is 5.82 Å². The molecule has 4 heteroatoms. The van der Waals surface area contributed by atoms with Gasteiger partial charge in [-0.05, 0) is 41.6 Å². The molecule has 0 aliphatic heterocycles. The summed E-state index contributed by atoms with van der Waals surface area (Å²) in [6.07, 6.45) is 0.500. The van der Waals surface area contributed by atoms with Crippen LogP contribution in [0.2, 0.25) is 0 Å². The third-order valence-electron chi connectivity index (χ3n) is 1.51. The van der Waals surface area contributed by atoms with Gasteiger partial charge in [0, 0.05) is 3.57 Å². The third kappa shape index (κ3) is 2.18. The highest BCUT2D eigenvalue weighted by molar-refractivity contribution is 14.1. The Labute approximate surface area is 89.2 Å². The van der Waals surface area contributed by atoms with E-state index in [-0.39, 0.29) is 11.3 Å². The Hall–Kier alpha value is -0.650. The van der Waals surface area contributed by atoms with Crippen molar-refractivity contribution in [1.82, 2.24) is 0 Å². The molecule has 0 amide bonds. The second-order valence-corrected chi connectivity index (χ2v) is 3.49. The maximum atomic E-state index is 13.4. The Morgan fingerprint density at radius 2 is 2.31 bits per heavy atom. The minimum absolute atomic E-state index is 0.0616. The van der Waals surface area contributed by atoms with Crippen molar-refractivity contribution in [2.75, 3.05) is 6.61 Å². The van der Waals surface area contributed by atoms with Gasteiger partial charge < -0.3 is 4.74 Å². The van der Waals surface area contributed by atoms with Crippen LogP contribution in [0.15, 0.2) is 12.1 Å². The largest absolute Gasteiger partial charge is 0.491 e. The quantitative estimate of drug-likeness (QED) is 0.633. The Kier molecular flexibility index (Phi) is 3.65. The molecule has 2 nitrogen and oxygen atoms in total. The van der Waals surface area contributed by atoms with Crippen molar-refractivity contribution in [3.05, 3.63) is 27.1 Å². The summed E-state index contributed by atoms with van der Waals surface area (Å²) in [5.74, 6) is -0.450. The Morgan fingerprint density at radius 3 is 2.85 bits per heavy atom. The molecule has 0 atom stereocenters.